The minimum absolute atomic E-state index is 0.0422. The maximum atomic E-state index is 11.9. The van der Waals surface area contributed by atoms with Gasteiger partial charge in [0.05, 0.1) is 12.3 Å². The van der Waals surface area contributed by atoms with Crippen LogP contribution < -0.4 is 0 Å². The van der Waals surface area contributed by atoms with E-state index in [2.05, 4.69) is 69.7 Å². The molecule has 0 unspecified atom stereocenters. The van der Waals surface area contributed by atoms with Gasteiger partial charge >= 0.3 is 0 Å². The quantitative estimate of drug-likeness (QED) is 0.0686. The SMILES string of the molecule is CC.COC/C(=N/O)c1cc(-c2cccc(-c3ccccc3)c2)ccn1.COCC(=O)c1cc(-c2cccc(-c3ccccc3)c2)ccn1. The Labute approximate surface area is 288 Å². The molecule has 0 aliphatic heterocycles. The molecule has 6 aromatic rings. The molecule has 0 spiro atoms. The molecule has 0 aliphatic rings. The number of ether oxygens (including phenoxy) is 2. The van der Waals surface area contributed by atoms with E-state index in [1.807, 2.05) is 92.7 Å². The maximum Gasteiger partial charge on any atom is 0.206 e. The summed E-state index contributed by atoms with van der Waals surface area (Å²) in [5, 5.41) is 12.4. The molecule has 6 rings (SSSR count). The molecule has 0 atom stereocenters. The molecule has 7 nitrogen and oxygen atoms in total. The van der Waals surface area contributed by atoms with Crippen molar-refractivity contribution in [3.8, 4) is 44.5 Å². The standard InChI is InChI=1S/C20H18N2O2.C20H17NO2.C2H6/c1-24-14-20(22-23)19-13-18(10-11-21-19)17-9-5-8-16(12-17)15-6-3-2-4-7-15;1-23-14-20(22)19-13-18(10-11-21-19)17-9-5-8-16(12-17)15-6-3-2-4-7-15;1-2/h2-13,23H,14H2,1H3;2-13H,14H2,1H3;1-2H3/b22-20-;;. The van der Waals surface area contributed by atoms with Crippen LogP contribution in [0.2, 0.25) is 0 Å². The fourth-order valence-corrected chi connectivity index (χ4v) is 5.04. The second-order valence-electron chi connectivity index (χ2n) is 10.6. The first-order chi connectivity index (χ1) is 24.1. The highest BCUT2D eigenvalue weighted by Gasteiger charge is 2.10. The predicted molar refractivity (Wildman–Crippen MR) is 198 cm³/mol. The number of rotatable bonds is 10. The van der Waals surface area contributed by atoms with Crippen molar-refractivity contribution in [3.63, 3.8) is 0 Å². The molecule has 0 saturated heterocycles. The Morgan fingerprint density at radius 3 is 1.37 bits per heavy atom. The number of nitrogens with zero attached hydrogens (tertiary/aromatic N) is 3. The van der Waals surface area contributed by atoms with Crippen LogP contribution in [0, 0.1) is 0 Å². The van der Waals surface area contributed by atoms with Gasteiger partial charge < -0.3 is 14.7 Å². The van der Waals surface area contributed by atoms with Crippen LogP contribution in [0.3, 0.4) is 0 Å². The molecule has 0 amide bonds. The lowest BCUT2D eigenvalue weighted by Gasteiger charge is -2.08. The van der Waals surface area contributed by atoms with E-state index in [9.17, 15) is 4.79 Å². The minimum atomic E-state index is -0.117. The van der Waals surface area contributed by atoms with Crippen LogP contribution in [-0.2, 0) is 9.47 Å². The van der Waals surface area contributed by atoms with Crippen LogP contribution in [0.4, 0.5) is 0 Å². The van der Waals surface area contributed by atoms with Crippen LogP contribution in [0.5, 0.6) is 0 Å². The third-order valence-corrected chi connectivity index (χ3v) is 7.38. The Morgan fingerprint density at radius 1 is 0.531 bits per heavy atom. The van der Waals surface area contributed by atoms with Crippen molar-refractivity contribution in [2.75, 3.05) is 27.4 Å². The number of carbonyl (C=O) groups is 1. The number of benzene rings is 4. The summed E-state index contributed by atoms with van der Waals surface area (Å²) in [5.41, 5.74) is 10.2. The van der Waals surface area contributed by atoms with Crippen LogP contribution in [-0.4, -0.2) is 54.1 Å². The number of hydrogen-bond donors (Lipinski definition) is 1. The number of hydrogen-bond acceptors (Lipinski definition) is 7. The molecule has 49 heavy (non-hydrogen) atoms. The molecule has 0 saturated carbocycles. The summed E-state index contributed by atoms with van der Waals surface area (Å²) in [4.78, 5) is 20.3. The highest BCUT2D eigenvalue weighted by Crippen LogP contribution is 2.28. The summed E-state index contributed by atoms with van der Waals surface area (Å²) in [6, 6.07) is 44.6. The number of oxime groups is 1. The van der Waals surface area contributed by atoms with Crippen LogP contribution in [0.25, 0.3) is 44.5 Å². The third-order valence-electron chi connectivity index (χ3n) is 7.38. The molecule has 0 aliphatic carbocycles. The number of methoxy groups -OCH3 is 2. The van der Waals surface area contributed by atoms with Crippen LogP contribution >= 0.6 is 0 Å². The minimum Gasteiger partial charge on any atom is -0.411 e. The topological polar surface area (TPSA) is 93.9 Å². The van der Waals surface area contributed by atoms with E-state index in [4.69, 9.17) is 14.7 Å². The van der Waals surface area contributed by atoms with Crippen molar-refractivity contribution < 1.29 is 19.5 Å². The van der Waals surface area contributed by atoms with Crippen molar-refractivity contribution in [3.05, 3.63) is 157 Å². The van der Waals surface area contributed by atoms with Gasteiger partial charge in [0.15, 0.2) is 0 Å². The van der Waals surface area contributed by atoms with Gasteiger partial charge in [-0.2, -0.15) is 0 Å². The molecule has 0 radical (unpaired) electrons. The normalized spacial score (nSPS) is 10.7. The van der Waals surface area contributed by atoms with Crippen molar-refractivity contribution in [2.24, 2.45) is 5.16 Å². The molecule has 4 aromatic carbocycles. The van der Waals surface area contributed by atoms with Crippen molar-refractivity contribution in [1.29, 1.82) is 0 Å². The summed E-state index contributed by atoms with van der Waals surface area (Å²) in [5.74, 6) is -0.117. The van der Waals surface area contributed by atoms with Crippen LogP contribution in [0.1, 0.15) is 30.0 Å². The number of ketones is 1. The maximum absolute atomic E-state index is 11.9. The summed E-state index contributed by atoms with van der Waals surface area (Å²) in [7, 11) is 3.06. The second-order valence-corrected chi connectivity index (χ2v) is 10.6. The van der Waals surface area contributed by atoms with E-state index in [0.29, 0.717) is 17.1 Å². The Kier molecular flexibility index (Phi) is 14.1. The molecule has 2 heterocycles. The Bertz CT molecular complexity index is 1940. The van der Waals surface area contributed by atoms with E-state index in [0.717, 1.165) is 33.4 Å². The zero-order valence-corrected chi connectivity index (χ0v) is 28.3. The Morgan fingerprint density at radius 2 is 0.918 bits per heavy atom. The lowest BCUT2D eigenvalue weighted by atomic mass is 9.99. The van der Waals surface area contributed by atoms with Gasteiger partial charge in [0.2, 0.25) is 5.78 Å². The van der Waals surface area contributed by atoms with Gasteiger partial charge in [-0.3, -0.25) is 14.8 Å². The van der Waals surface area contributed by atoms with Gasteiger partial charge in [-0.05, 0) is 80.9 Å². The molecular weight excluding hydrogens is 610 g/mol. The molecular formula is C42H41N3O4. The number of carbonyl (C=O) groups excluding carboxylic acids is 1. The summed E-state index contributed by atoms with van der Waals surface area (Å²) < 4.78 is 9.93. The Hall–Kier alpha value is -5.76. The fourth-order valence-electron chi connectivity index (χ4n) is 5.04. The first kappa shape index (κ1) is 36.1. The van der Waals surface area contributed by atoms with E-state index in [1.165, 1.54) is 18.2 Å². The van der Waals surface area contributed by atoms with Gasteiger partial charge in [-0.25, -0.2) is 0 Å². The number of aromatic nitrogens is 2. The average Bonchev–Trinajstić information content (AvgIpc) is 3.19. The molecule has 1 N–H and O–H groups in total. The van der Waals surface area contributed by atoms with E-state index >= 15 is 0 Å². The fraction of sp³-hybridized carbons (Fsp3) is 0.143. The van der Waals surface area contributed by atoms with Gasteiger partial charge in [0.25, 0.3) is 0 Å². The van der Waals surface area contributed by atoms with Gasteiger partial charge in [-0.15, -0.1) is 0 Å². The molecule has 2 aromatic heterocycles. The zero-order chi connectivity index (χ0) is 34.8. The Balaban J connectivity index is 0.000000210. The van der Waals surface area contributed by atoms with Crippen LogP contribution in [0.15, 0.2) is 151 Å². The number of pyridine rings is 2. The largest absolute Gasteiger partial charge is 0.411 e. The van der Waals surface area contributed by atoms with E-state index < -0.39 is 0 Å². The lowest BCUT2D eigenvalue weighted by molar-refractivity contribution is 0.0843. The summed E-state index contributed by atoms with van der Waals surface area (Å²) in [6.45, 7) is 4.25. The molecule has 0 bridgehead atoms. The molecule has 248 valence electrons. The smallest absolute Gasteiger partial charge is 0.206 e. The zero-order valence-electron chi connectivity index (χ0n) is 28.3. The van der Waals surface area contributed by atoms with Gasteiger partial charge in [0.1, 0.15) is 18.0 Å². The highest BCUT2D eigenvalue weighted by molar-refractivity contribution is 6.00. The lowest BCUT2D eigenvalue weighted by Crippen LogP contribution is -2.10. The first-order valence-electron chi connectivity index (χ1n) is 16.1. The number of Topliss-reactive ketones (excluding diaryl/α,β-unsaturated/α-hetero) is 1. The predicted octanol–water partition coefficient (Wildman–Crippen LogP) is 9.51. The second kappa shape index (κ2) is 19.2. The van der Waals surface area contributed by atoms with Crippen molar-refractivity contribution >= 4 is 11.5 Å². The van der Waals surface area contributed by atoms with E-state index in [1.54, 1.807) is 19.5 Å². The first-order valence-corrected chi connectivity index (χ1v) is 16.1. The molecule has 7 heteroatoms. The summed E-state index contributed by atoms with van der Waals surface area (Å²) >= 11 is 0. The van der Waals surface area contributed by atoms with Crippen molar-refractivity contribution in [1.82, 2.24) is 9.97 Å². The monoisotopic (exact) mass is 651 g/mol. The van der Waals surface area contributed by atoms with Gasteiger partial charge in [-0.1, -0.05) is 116 Å². The van der Waals surface area contributed by atoms with Crippen molar-refractivity contribution in [2.45, 2.75) is 13.8 Å². The van der Waals surface area contributed by atoms with E-state index in [-0.39, 0.29) is 19.0 Å². The third kappa shape index (κ3) is 10.1. The summed E-state index contributed by atoms with van der Waals surface area (Å²) in [6.07, 6.45) is 3.37. The highest BCUT2D eigenvalue weighted by atomic mass is 16.5. The van der Waals surface area contributed by atoms with Gasteiger partial charge in [0, 0.05) is 26.6 Å². The molecule has 0 fully saturated rings. The average molecular weight is 652 g/mol.